The molecule has 21 heavy (non-hydrogen) atoms. The molecule has 2 rings (SSSR count). The molecule has 2 aromatic rings. The molecule has 3 N–H and O–H groups in total. The van der Waals surface area contributed by atoms with Crippen LogP contribution < -0.4 is 10.6 Å². The van der Waals surface area contributed by atoms with E-state index in [1.807, 2.05) is 0 Å². The molecule has 0 fully saturated rings. The van der Waals surface area contributed by atoms with Gasteiger partial charge in [0.25, 0.3) is 0 Å². The predicted molar refractivity (Wildman–Crippen MR) is 75.9 cm³/mol. The molecule has 0 spiro atoms. The van der Waals surface area contributed by atoms with Crippen molar-refractivity contribution in [2.45, 2.75) is 6.54 Å². The van der Waals surface area contributed by atoms with E-state index in [0.717, 1.165) is 12.1 Å². The molecule has 0 radical (unpaired) electrons. The molecule has 0 heterocycles. The topological polar surface area (TPSA) is 53.1 Å². The highest BCUT2D eigenvalue weighted by Gasteiger charge is 2.16. The number of hydrogen-bond acceptors (Lipinski definition) is 2. The fourth-order valence-corrected chi connectivity index (χ4v) is 2.07. The summed E-state index contributed by atoms with van der Waals surface area (Å²) in [6.45, 7) is 0.144. The van der Waals surface area contributed by atoms with Crippen LogP contribution in [0.2, 0.25) is 0 Å². The van der Waals surface area contributed by atoms with Gasteiger partial charge in [-0.3, -0.25) is 5.41 Å². The van der Waals surface area contributed by atoms with E-state index >= 15 is 0 Å². The summed E-state index contributed by atoms with van der Waals surface area (Å²) in [5.74, 6) is -2.46. The largest absolute Gasteiger partial charge is 0.384 e. The van der Waals surface area contributed by atoms with E-state index < -0.39 is 23.3 Å². The second kappa shape index (κ2) is 5.87. The Morgan fingerprint density at radius 2 is 1.76 bits per heavy atom. The van der Waals surface area contributed by atoms with Crippen LogP contribution in [0.3, 0.4) is 0 Å². The van der Waals surface area contributed by atoms with Crippen LogP contribution in [-0.2, 0) is 6.54 Å². The molecule has 0 atom stereocenters. The summed E-state index contributed by atoms with van der Waals surface area (Å²) < 4.78 is 41.1. The molecule has 0 aromatic heterocycles. The van der Waals surface area contributed by atoms with Crippen molar-refractivity contribution in [3.63, 3.8) is 0 Å². The number of nitrogen functional groups attached to an aromatic ring is 1. The van der Waals surface area contributed by atoms with E-state index in [-0.39, 0.29) is 17.8 Å². The highest BCUT2D eigenvalue weighted by Crippen LogP contribution is 2.25. The Hall–Kier alpha value is -2.50. The predicted octanol–water partition coefficient (Wildman–Crippen LogP) is 3.02. The van der Waals surface area contributed by atoms with Crippen molar-refractivity contribution >= 4 is 11.5 Å². The van der Waals surface area contributed by atoms with Crippen molar-refractivity contribution in [2.75, 3.05) is 11.9 Å². The number of anilines is 1. The molecule has 6 heteroatoms. The first kappa shape index (κ1) is 14.9. The van der Waals surface area contributed by atoms with Crippen LogP contribution in [0.5, 0.6) is 0 Å². The SMILES string of the molecule is CN(Cc1cccc(F)c1)c1c(F)cc(C(=N)N)cc1F. The van der Waals surface area contributed by atoms with Crippen LogP contribution in [0, 0.1) is 22.9 Å². The van der Waals surface area contributed by atoms with Crippen molar-refractivity contribution in [3.05, 3.63) is 65.0 Å². The molecule has 0 amide bonds. The number of halogens is 3. The number of benzene rings is 2. The van der Waals surface area contributed by atoms with Gasteiger partial charge in [0.1, 0.15) is 29.0 Å². The maximum atomic E-state index is 14.0. The quantitative estimate of drug-likeness (QED) is 0.672. The fourth-order valence-electron chi connectivity index (χ4n) is 2.07. The first-order valence-corrected chi connectivity index (χ1v) is 6.17. The van der Waals surface area contributed by atoms with Gasteiger partial charge < -0.3 is 10.6 Å². The standard InChI is InChI=1S/C15H14F3N3/c1-21(8-9-3-2-4-11(16)5-9)14-12(17)6-10(15(19)20)7-13(14)18/h2-7H,8H2,1H3,(H3,19,20). The summed E-state index contributed by atoms with van der Waals surface area (Å²) >= 11 is 0. The van der Waals surface area contributed by atoms with E-state index in [9.17, 15) is 13.2 Å². The Bertz CT molecular complexity index is 663. The van der Waals surface area contributed by atoms with Crippen molar-refractivity contribution < 1.29 is 13.2 Å². The number of amidine groups is 1. The van der Waals surface area contributed by atoms with Crippen molar-refractivity contribution in [1.29, 1.82) is 5.41 Å². The minimum atomic E-state index is -0.820. The zero-order chi connectivity index (χ0) is 15.6. The van der Waals surface area contributed by atoms with E-state index in [2.05, 4.69) is 0 Å². The molecule has 0 bridgehead atoms. The lowest BCUT2D eigenvalue weighted by Gasteiger charge is -2.21. The van der Waals surface area contributed by atoms with Gasteiger partial charge in [-0.15, -0.1) is 0 Å². The summed E-state index contributed by atoms with van der Waals surface area (Å²) in [5, 5.41) is 7.20. The van der Waals surface area contributed by atoms with E-state index in [1.165, 1.54) is 30.1 Å². The molecule has 0 unspecified atom stereocenters. The van der Waals surface area contributed by atoms with E-state index in [0.29, 0.717) is 5.56 Å². The summed E-state index contributed by atoms with van der Waals surface area (Å²) in [6, 6.07) is 7.80. The van der Waals surface area contributed by atoms with E-state index in [1.54, 1.807) is 6.07 Å². The van der Waals surface area contributed by atoms with Crippen LogP contribution in [0.4, 0.5) is 18.9 Å². The van der Waals surface area contributed by atoms with Crippen LogP contribution in [-0.4, -0.2) is 12.9 Å². The number of rotatable bonds is 4. The van der Waals surface area contributed by atoms with Crippen LogP contribution in [0.25, 0.3) is 0 Å². The Morgan fingerprint density at radius 1 is 1.14 bits per heavy atom. The molecule has 2 aromatic carbocycles. The first-order valence-electron chi connectivity index (χ1n) is 6.17. The molecule has 0 aliphatic heterocycles. The average Bonchev–Trinajstić information content (AvgIpc) is 2.37. The van der Waals surface area contributed by atoms with Gasteiger partial charge in [0.05, 0.1) is 0 Å². The van der Waals surface area contributed by atoms with Gasteiger partial charge in [-0.25, -0.2) is 13.2 Å². The lowest BCUT2D eigenvalue weighted by atomic mass is 10.1. The molecule has 0 saturated heterocycles. The third-order valence-corrected chi connectivity index (χ3v) is 3.02. The molecule has 3 nitrogen and oxygen atoms in total. The Balaban J connectivity index is 2.31. The highest BCUT2D eigenvalue weighted by molar-refractivity contribution is 5.95. The number of nitrogens with zero attached hydrogens (tertiary/aromatic N) is 1. The average molecular weight is 293 g/mol. The second-order valence-electron chi connectivity index (χ2n) is 4.69. The molecule has 110 valence electrons. The zero-order valence-electron chi connectivity index (χ0n) is 11.3. The molecule has 0 aliphatic carbocycles. The van der Waals surface area contributed by atoms with Gasteiger partial charge in [0, 0.05) is 19.2 Å². The van der Waals surface area contributed by atoms with Crippen molar-refractivity contribution in [2.24, 2.45) is 5.73 Å². The van der Waals surface area contributed by atoms with Gasteiger partial charge in [-0.1, -0.05) is 12.1 Å². The third kappa shape index (κ3) is 3.34. The number of nitrogens with two attached hydrogens (primary N) is 1. The highest BCUT2D eigenvalue weighted by atomic mass is 19.1. The molecule has 0 aliphatic rings. The third-order valence-electron chi connectivity index (χ3n) is 3.02. The molecular weight excluding hydrogens is 279 g/mol. The van der Waals surface area contributed by atoms with Crippen LogP contribution in [0.1, 0.15) is 11.1 Å². The smallest absolute Gasteiger partial charge is 0.150 e. The minimum absolute atomic E-state index is 0.0205. The van der Waals surface area contributed by atoms with Gasteiger partial charge in [-0.2, -0.15) is 0 Å². The van der Waals surface area contributed by atoms with Gasteiger partial charge in [-0.05, 0) is 29.8 Å². The number of hydrogen-bond donors (Lipinski definition) is 2. The number of nitrogens with one attached hydrogen (secondary N) is 1. The Kier molecular flexibility index (Phi) is 4.16. The minimum Gasteiger partial charge on any atom is -0.384 e. The van der Waals surface area contributed by atoms with Gasteiger partial charge >= 0.3 is 0 Å². The van der Waals surface area contributed by atoms with Gasteiger partial charge in [0.15, 0.2) is 0 Å². The lowest BCUT2D eigenvalue weighted by Crippen LogP contribution is -2.20. The maximum absolute atomic E-state index is 14.0. The van der Waals surface area contributed by atoms with Crippen LogP contribution in [0.15, 0.2) is 36.4 Å². The summed E-state index contributed by atoms with van der Waals surface area (Å²) in [7, 11) is 1.50. The molecular formula is C15H14F3N3. The second-order valence-corrected chi connectivity index (χ2v) is 4.69. The zero-order valence-corrected chi connectivity index (χ0v) is 11.3. The monoisotopic (exact) mass is 293 g/mol. The van der Waals surface area contributed by atoms with Gasteiger partial charge in [0.2, 0.25) is 0 Å². The Morgan fingerprint density at radius 3 is 2.29 bits per heavy atom. The Labute approximate surface area is 120 Å². The molecule has 0 saturated carbocycles. The summed E-state index contributed by atoms with van der Waals surface area (Å²) in [6.07, 6.45) is 0. The maximum Gasteiger partial charge on any atom is 0.150 e. The van der Waals surface area contributed by atoms with Crippen molar-refractivity contribution in [1.82, 2.24) is 0 Å². The normalized spacial score (nSPS) is 10.5. The fraction of sp³-hybridized carbons (Fsp3) is 0.133. The lowest BCUT2D eigenvalue weighted by molar-refractivity contribution is 0.575. The van der Waals surface area contributed by atoms with Crippen molar-refractivity contribution in [3.8, 4) is 0 Å². The first-order chi connectivity index (χ1) is 9.88. The summed E-state index contributed by atoms with van der Waals surface area (Å²) in [5.41, 5.74) is 5.54. The van der Waals surface area contributed by atoms with E-state index in [4.69, 9.17) is 11.1 Å². The van der Waals surface area contributed by atoms with Crippen LogP contribution >= 0.6 is 0 Å². The summed E-state index contributed by atoms with van der Waals surface area (Å²) in [4.78, 5) is 1.34.